The highest BCUT2D eigenvalue weighted by Gasteiger charge is 2.63. The number of hydrogen-bond acceptors (Lipinski definition) is 17. The first kappa shape index (κ1) is 79.7. The Kier molecular flexibility index (Phi) is 21.7. The lowest BCUT2D eigenvalue weighted by atomic mass is 9.75. The van der Waals surface area contributed by atoms with Gasteiger partial charge in [0.05, 0.1) is 61.3 Å². The van der Waals surface area contributed by atoms with Gasteiger partial charge in [-0.25, -0.2) is 19.2 Å². The molecule has 12 aromatic carbocycles. The standard InChI is InChI=1S/C36H37N3O5.C33H32N2O3.C32H30N2O3/c1-24(2)33(40)42-22-19-37-34(41)43-21-10-9-20-39-29-17-15-25-11-5-7-13-27(25)31(29)35(3,4)36(39)23-38-32-28-14-8-6-12-26(28)16-18-30(32)44-36;1-22(2)31(36)37-20-10-9-19-35-27-17-15-23-11-5-7-13-25(23)29(27)32(3,4)33(35)21-34-30-26-14-8-6-12-24(26)16-18-28(30)38-33;1-4-28(35)36-20-10-9-19-34-26-17-15-22-11-5-7-13-24(22)29(26)31(2,3)32(34)21-33-30-25-14-8-6-12-23(25)16-18-27(30)37-32/h5-8,11-18,23H,1,9-10,19-22H2,2-4H3,(H,37,41);5-8,11-18,21H,1,9-10,19-20H2,2-4H3;4-8,11-18,21H,1,9-10,19-20H2,2-3H3. The molecular formula is C101H99N7O11. The summed E-state index contributed by atoms with van der Waals surface area (Å²) in [5, 5.41) is 16.5. The number of unbranched alkanes of at least 4 members (excludes halogenated alkanes) is 3. The number of carbonyl (C=O) groups excluding carboxylic acids is 4. The third-order valence-electron chi connectivity index (χ3n) is 24.4. The van der Waals surface area contributed by atoms with Gasteiger partial charge in [0.1, 0.15) is 40.9 Å². The van der Waals surface area contributed by atoms with Gasteiger partial charge in [0.25, 0.3) is 0 Å². The van der Waals surface area contributed by atoms with Gasteiger partial charge in [0.2, 0.25) is 17.2 Å². The van der Waals surface area contributed by atoms with Crippen LogP contribution in [0.4, 0.5) is 38.9 Å². The Balaban J connectivity index is 0.000000134. The average molecular weight is 1590 g/mol. The van der Waals surface area contributed by atoms with Crippen molar-refractivity contribution in [2.75, 3.05) is 67.3 Å². The van der Waals surface area contributed by atoms with Gasteiger partial charge in [0, 0.05) is 70.1 Å². The Morgan fingerprint density at radius 1 is 0.370 bits per heavy atom. The molecule has 18 heteroatoms. The van der Waals surface area contributed by atoms with E-state index in [0.717, 1.165) is 129 Å². The number of nitrogens with one attached hydrogen (secondary N) is 1. The van der Waals surface area contributed by atoms with Crippen molar-refractivity contribution in [3.63, 3.8) is 0 Å². The molecule has 119 heavy (non-hydrogen) atoms. The normalized spacial score (nSPS) is 18.5. The number of fused-ring (bicyclic) bond motifs is 18. The molecule has 3 atom stereocenters. The summed E-state index contributed by atoms with van der Waals surface area (Å²) >= 11 is 0. The maximum atomic E-state index is 12.1. The molecule has 0 bridgehead atoms. The van der Waals surface area contributed by atoms with Crippen LogP contribution < -0.4 is 34.2 Å². The van der Waals surface area contributed by atoms with Crippen LogP contribution in [0.1, 0.15) is 111 Å². The van der Waals surface area contributed by atoms with Crippen molar-refractivity contribution in [1.82, 2.24) is 5.32 Å². The molecule has 3 unspecified atom stereocenters. The van der Waals surface area contributed by atoms with Crippen molar-refractivity contribution in [1.29, 1.82) is 0 Å². The third-order valence-corrected chi connectivity index (χ3v) is 24.4. The number of anilines is 3. The largest absolute Gasteiger partial charge is 0.463 e. The van der Waals surface area contributed by atoms with Crippen molar-refractivity contribution >= 4 is 141 Å². The maximum absolute atomic E-state index is 12.1. The van der Waals surface area contributed by atoms with Crippen LogP contribution in [-0.2, 0) is 49.6 Å². The number of hydrogen-bond donors (Lipinski definition) is 1. The molecule has 0 aliphatic carbocycles. The van der Waals surface area contributed by atoms with Gasteiger partial charge < -0.3 is 53.2 Å². The number of ether oxygens (including phenoxy) is 7. The molecule has 3 spiro atoms. The van der Waals surface area contributed by atoms with Gasteiger partial charge in [-0.15, -0.1) is 0 Å². The molecule has 6 aliphatic heterocycles. The predicted molar refractivity (Wildman–Crippen MR) is 479 cm³/mol. The van der Waals surface area contributed by atoms with Crippen molar-refractivity contribution in [2.45, 2.75) is 127 Å². The zero-order valence-corrected chi connectivity index (χ0v) is 68.8. The Bertz CT molecular complexity index is 6160. The minimum absolute atomic E-state index is 0.0577. The van der Waals surface area contributed by atoms with Crippen molar-refractivity contribution < 1.29 is 52.3 Å². The second-order valence-electron chi connectivity index (χ2n) is 32.8. The number of alkyl carbamates (subject to hydrolysis) is 1. The van der Waals surface area contributed by atoms with E-state index in [-0.39, 0.29) is 31.7 Å². The smallest absolute Gasteiger partial charge is 0.407 e. The fourth-order valence-electron chi connectivity index (χ4n) is 18.3. The van der Waals surface area contributed by atoms with Gasteiger partial charge in [0.15, 0.2) is 0 Å². The summed E-state index contributed by atoms with van der Waals surface area (Å²) in [7, 11) is 0. The van der Waals surface area contributed by atoms with E-state index in [1.54, 1.807) is 13.8 Å². The monoisotopic (exact) mass is 1590 g/mol. The molecule has 0 fully saturated rings. The average Bonchev–Trinajstić information content (AvgIpc) is 1.54. The second-order valence-corrected chi connectivity index (χ2v) is 32.8. The number of aliphatic imine (C=N–C) groups is 3. The molecule has 6 aliphatic rings. The van der Waals surface area contributed by atoms with Gasteiger partial charge in [-0.05, 0) is 195 Å². The summed E-state index contributed by atoms with van der Waals surface area (Å²) in [4.78, 5) is 69.1. The van der Waals surface area contributed by atoms with Crippen LogP contribution in [0.3, 0.4) is 0 Å². The maximum Gasteiger partial charge on any atom is 0.407 e. The molecule has 18 rings (SSSR count). The number of benzene rings is 12. The van der Waals surface area contributed by atoms with Crippen LogP contribution >= 0.6 is 0 Å². The summed E-state index contributed by atoms with van der Waals surface area (Å²) in [5.41, 5.74) is 6.82. The fourth-order valence-corrected chi connectivity index (χ4v) is 18.3. The highest BCUT2D eigenvalue weighted by molar-refractivity contribution is 6.06. The van der Waals surface area contributed by atoms with E-state index < -0.39 is 45.5 Å². The Hall–Kier alpha value is -13.1. The quantitative estimate of drug-likeness (QED) is 0.0309. The zero-order chi connectivity index (χ0) is 83.0. The number of amides is 1. The first-order valence-electron chi connectivity index (χ1n) is 41.0. The van der Waals surface area contributed by atoms with Crippen LogP contribution in [0.2, 0.25) is 0 Å². The minimum atomic E-state index is -0.853. The number of esters is 3. The Morgan fingerprint density at radius 3 is 0.983 bits per heavy atom. The van der Waals surface area contributed by atoms with E-state index in [1.165, 1.54) is 55.1 Å². The second kappa shape index (κ2) is 32.4. The molecule has 18 nitrogen and oxygen atoms in total. The third kappa shape index (κ3) is 14.2. The molecule has 0 saturated carbocycles. The fraction of sp³-hybridized carbons (Fsp3) is 0.277. The molecule has 6 heterocycles. The molecule has 1 N–H and O–H groups in total. The summed E-state index contributed by atoms with van der Waals surface area (Å²) < 4.78 is 42.1. The van der Waals surface area contributed by atoms with Crippen molar-refractivity contribution in [3.05, 3.63) is 272 Å². The SMILES string of the molecule is C=C(C)C(=O)OCCCCN1c2ccc3ccccc3c2C(C)(C)C12C=Nc1c(ccc3ccccc13)O2.C=C(C)C(=O)OCCNC(=O)OCCCCN1c2ccc3ccccc3c2C(C)(C)C12C=Nc1c(ccc3ccccc13)O2.C=CC(=O)OCCCCN1c2ccc3ccccc3c2C(C)(C)C12C=Nc1c(ccc3ccccc13)O2. The van der Waals surface area contributed by atoms with E-state index in [4.69, 9.17) is 48.1 Å². The van der Waals surface area contributed by atoms with Gasteiger partial charge in [-0.2, -0.15) is 0 Å². The molecule has 0 saturated heterocycles. The topological polar surface area (TPSA) is 192 Å². The molecular weight excluding hydrogens is 1490 g/mol. The number of nitrogens with zero attached hydrogens (tertiary/aromatic N) is 6. The van der Waals surface area contributed by atoms with Crippen LogP contribution in [0, 0.1) is 0 Å². The van der Waals surface area contributed by atoms with E-state index in [2.05, 4.69) is 245 Å². The van der Waals surface area contributed by atoms with Crippen molar-refractivity contribution in [2.24, 2.45) is 15.0 Å². The summed E-state index contributed by atoms with van der Waals surface area (Å²) in [6.45, 7) is 30.7. The number of rotatable bonds is 21. The predicted octanol–water partition coefficient (Wildman–Crippen LogP) is 21.8. The number of carbonyl (C=O) groups is 4. The highest BCUT2D eigenvalue weighted by Crippen LogP contribution is 2.61. The molecule has 12 aromatic rings. The van der Waals surface area contributed by atoms with Crippen LogP contribution in [-0.4, -0.2) is 112 Å². The summed E-state index contributed by atoms with van der Waals surface area (Å²) in [6.07, 6.45) is 11.2. The van der Waals surface area contributed by atoms with Gasteiger partial charge in [-0.3, -0.25) is 15.0 Å². The van der Waals surface area contributed by atoms with Crippen molar-refractivity contribution in [3.8, 4) is 17.2 Å². The molecule has 0 aromatic heterocycles. The van der Waals surface area contributed by atoms with Gasteiger partial charge >= 0.3 is 24.0 Å². The van der Waals surface area contributed by atoms with E-state index >= 15 is 0 Å². The van der Waals surface area contributed by atoms with E-state index in [1.807, 2.05) is 73.2 Å². The molecule has 1 amide bonds. The summed E-state index contributed by atoms with van der Waals surface area (Å²) in [6, 6.07) is 75.9. The van der Waals surface area contributed by atoms with E-state index in [0.29, 0.717) is 37.3 Å². The molecule has 604 valence electrons. The summed E-state index contributed by atoms with van der Waals surface area (Å²) in [5.74, 6) is 1.12. The lowest BCUT2D eigenvalue weighted by Crippen LogP contribution is -2.62. The van der Waals surface area contributed by atoms with E-state index in [9.17, 15) is 19.2 Å². The first-order valence-corrected chi connectivity index (χ1v) is 41.0. The van der Waals surface area contributed by atoms with Crippen LogP contribution in [0.5, 0.6) is 17.2 Å². The Morgan fingerprint density at radius 2 is 0.655 bits per heavy atom. The Labute approximate surface area is 694 Å². The lowest BCUT2D eigenvalue weighted by Gasteiger charge is -2.46. The first-order chi connectivity index (χ1) is 57.5. The highest BCUT2D eigenvalue weighted by atomic mass is 16.6. The van der Waals surface area contributed by atoms with Crippen LogP contribution in [0.15, 0.2) is 270 Å². The zero-order valence-electron chi connectivity index (χ0n) is 68.8. The van der Waals surface area contributed by atoms with Crippen LogP contribution in [0.25, 0.3) is 64.6 Å². The molecule has 0 radical (unpaired) electrons. The minimum Gasteiger partial charge on any atom is -0.463 e. The lowest BCUT2D eigenvalue weighted by molar-refractivity contribution is -0.139. The van der Waals surface area contributed by atoms with Gasteiger partial charge in [-0.1, -0.05) is 202 Å².